The number of ether oxygens (including phenoxy) is 1. The van der Waals surface area contributed by atoms with Crippen LogP contribution in [0.15, 0.2) is 24.3 Å². The summed E-state index contributed by atoms with van der Waals surface area (Å²) in [5, 5.41) is 9.34. The van der Waals surface area contributed by atoms with Crippen LogP contribution in [0.5, 0.6) is 11.5 Å². The Morgan fingerprint density at radius 1 is 1.07 bits per heavy atom. The van der Waals surface area contributed by atoms with Crippen molar-refractivity contribution in [2.45, 2.75) is 45.8 Å². The Morgan fingerprint density at radius 3 is 2.17 bits per heavy atom. The molecule has 2 heterocycles. The van der Waals surface area contributed by atoms with Crippen LogP contribution >= 0.6 is 0 Å². The summed E-state index contributed by atoms with van der Waals surface area (Å²) in [6.45, 7) is 9.87. The van der Waals surface area contributed by atoms with Gasteiger partial charge in [0.05, 0.1) is 5.92 Å². The summed E-state index contributed by atoms with van der Waals surface area (Å²) in [4.78, 5) is 43.1. The lowest BCUT2D eigenvalue weighted by Crippen LogP contribution is -2.54. The van der Waals surface area contributed by atoms with Crippen LogP contribution in [0.1, 0.15) is 34.1 Å². The first-order valence-electron chi connectivity index (χ1n) is 10.4. The molecule has 1 aromatic rings. The normalized spacial score (nSPS) is 21.0. The topological polar surface area (TPSA) is 90.4 Å². The molecular weight excluding hydrogens is 386 g/mol. The van der Waals surface area contributed by atoms with Crippen molar-refractivity contribution in [3.63, 3.8) is 0 Å². The summed E-state index contributed by atoms with van der Waals surface area (Å²) in [6.07, 6.45) is -0.406. The fraction of sp³-hybridized carbons (Fsp3) is 0.591. The zero-order valence-electron chi connectivity index (χ0n) is 18.1. The van der Waals surface area contributed by atoms with Crippen molar-refractivity contribution in [1.82, 2.24) is 14.7 Å². The summed E-state index contributed by atoms with van der Waals surface area (Å²) in [7, 11) is 0. The molecule has 1 aromatic carbocycles. The quantitative estimate of drug-likeness (QED) is 0.801. The van der Waals surface area contributed by atoms with Gasteiger partial charge in [0.1, 0.15) is 11.5 Å². The smallest absolute Gasteiger partial charge is 0.263 e. The number of nitrogens with zero attached hydrogens (tertiary/aromatic N) is 3. The minimum absolute atomic E-state index is 0.00408. The summed E-state index contributed by atoms with van der Waals surface area (Å²) >= 11 is 0. The number of phenolic OH excluding ortho intramolecular Hbond substituents is 1. The second kappa shape index (κ2) is 8.53. The average molecular weight is 418 g/mol. The molecule has 2 unspecified atom stereocenters. The van der Waals surface area contributed by atoms with Crippen LogP contribution in [-0.4, -0.2) is 81.9 Å². The first kappa shape index (κ1) is 21.9. The molecule has 2 aliphatic heterocycles. The molecule has 30 heavy (non-hydrogen) atoms. The maximum absolute atomic E-state index is 12.9. The first-order valence-corrected chi connectivity index (χ1v) is 10.4. The second-order valence-electron chi connectivity index (χ2n) is 8.98. The predicted molar refractivity (Wildman–Crippen MR) is 111 cm³/mol. The molecule has 3 rings (SSSR count). The Kier molecular flexibility index (Phi) is 6.24. The highest BCUT2D eigenvalue weighted by molar-refractivity contribution is 5.90. The van der Waals surface area contributed by atoms with Crippen LogP contribution in [-0.2, 0) is 14.4 Å². The van der Waals surface area contributed by atoms with Gasteiger partial charge in [0.2, 0.25) is 11.8 Å². The Labute approximate surface area is 177 Å². The van der Waals surface area contributed by atoms with Gasteiger partial charge >= 0.3 is 0 Å². The Balaban J connectivity index is 1.50. The van der Waals surface area contributed by atoms with Crippen LogP contribution < -0.4 is 4.74 Å². The van der Waals surface area contributed by atoms with E-state index < -0.39 is 6.10 Å². The van der Waals surface area contributed by atoms with Crippen molar-refractivity contribution in [2.75, 3.05) is 32.7 Å². The van der Waals surface area contributed by atoms with Crippen molar-refractivity contribution in [3.8, 4) is 11.5 Å². The van der Waals surface area contributed by atoms with Crippen molar-refractivity contribution >= 4 is 17.7 Å². The predicted octanol–water partition coefficient (Wildman–Crippen LogP) is 1.48. The maximum Gasteiger partial charge on any atom is 0.263 e. The highest BCUT2D eigenvalue weighted by Gasteiger charge is 2.41. The van der Waals surface area contributed by atoms with E-state index in [2.05, 4.69) is 0 Å². The van der Waals surface area contributed by atoms with Crippen LogP contribution in [0.4, 0.5) is 0 Å². The molecule has 1 N–H and O–H groups in total. The third kappa shape index (κ3) is 4.86. The number of carbonyl (C=O) groups is 3. The van der Waals surface area contributed by atoms with Gasteiger partial charge in [-0.05, 0) is 52.0 Å². The third-order valence-corrected chi connectivity index (χ3v) is 5.68. The van der Waals surface area contributed by atoms with Crippen molar-refractivity contribution in [3.05, 3.63) is 24.3 Å². The molecule has 164 valence electrons. The average Bonchev–Trinajstić information content (AvgIpc) is 3.11. The molecule has 0 radical (unpaired) electrons. The van der Waals surface area contributed by atoms with E-state index in [9.17, 15) is 19.5 Å². The largest absolute Gasteiger partial charge is 0.508 e. The second-order valence-corrected chi connectivity index (χ2v) is 8.98. The number of amides is 3. The van der Waals surface area contributed by atoms with Crippen molar-refractivity contribution in [2.24, 2.45) is 5.92 Å². The van der Waals surface area contributed by atoms with Gasteiger partial charge in [-0.3, -0.25) is 14.4 Å². The number of hydrogen-bond donors (Lipinski definition) is 1. The van der Waals surface area contributed by atoms with Gasteiger partial charge in [-0.25, -0.2) is 0 Å². The minimum atomic E-state index is -0.662. The summed E-state index contributed by atoms with van der Waals surface area (Å²) in [5.41, 5.74) is -0.287. The van der Waals surface area contributed by atoms with E-state index in [0.717, 1.165) is 0 Å². The van der Waals surface area contributed by atoms with Gasteiger partial charge in [-0.2, -0.15) is 0 Å². The number of benzene rings is 1. The Hall–Kier alpha value is -2.77. The van der Waals surface area contributed by atoms with E-state index in [1.165, 1.54) is 12.1 Å². The van der Waals surface area contributed by atoms with Crippen LogP contribution in [0.3, 0.4) is 0 Å². The molecule has 0 aliphatic carbocycles. The zero-order chi connectivity index (χ0) is 22.1. The monoisotopic (exact) mass is 417 g/mol. The van der Waals surface area contributed by atoms with Crippen molar-refractivity contribution in [1.29, 1.82) is 0 Å². The van der Waals surface area contributed by atoms with E-state index in [4.69, 9.17) is 4.74 Å². The molecule has 0 aromatic heterocycles. The van der Waals surface area contributed by atoms with E-state index in [1.54, 1.807) is 33.8 Å². The van der Waals surface area contributed by atoms with E-state index in [0.29, 0.717) is 38.5 Å². The highest BCUT2D eigenvalue weighted by Crippen LogP contribution is 2.27. The number of carbonyl (C=O) groups excluding carboxylic acids is 3. The number of hydrogen-bond acceptors (Lipinski definition) is 5. The molecule has 0 spiro atoms. The third-order valence-electron chi connectivity index (χ3n) is 5.68. The number of rotatable bonds is 4. The van der Waals surface area contributed by atoms with Gasteiger partial charge in [0.25, 0.3) is 5.91 Å². The van der Waals surface area contributed by atoms with Crippen LogP contribution in [0.25, 0.3) is 0 Å². The molecule has 8 heteroatoms. The molecule has 0 saturated carbocycles. The summed E-state index contributed by atoms with van der Waals surface area (Å²) in [6, 6.07) is 6.23. The molecule has 2 atom stereocenters. The molecule has 2 aliphatic rings. The maximum atomic E-state index is 12.9. The molecule has 2 fully saturated rings. The highest BCUT2D eigenvalue weighted by atomic mass is 16.5. The van der Waals surface area contributed by atoms with Crippen LogP contribution in [0, 0.1) is 5.92 Å². The molecular formula is C22H31N3O5. The fourth-order valence-corrected chi connectivity index (χ4v) is 3.96. The van der Waals surface area contributed by atoms with E-state index in [-0.39, 0.29) is 41.3 Å². The fourth-order valence-electron chi connectivity index (χ4n) is 3.96. The number of likely N-dealkylation sites (tertiary alicyclic amines) is 1. The lowest BCUT2D eigenvalue weighted by molar-refractivity contribution is -0.145. The van der Waals surface area contributed by atoms with Gasteiger partial charge in [-0.1, -0.05) is 0 Å². The SMILES string of the molecule is CC(Oc1ccc(O)cc1)C(=O)N1CCN(C(=O)C2CC(=O)N(C(C)(C)C)C2)CC1. The molecule has 2 saturated heterocycles. The first-order chi connectivity index (χ1) is 14.1. The molecule has 0 bridgehead atoms. The summed E-state index contributed by atoms with van der Waals surface area (Å²) in [5.74, 6) is 0.222. The standard InChI is InChI=1S/C22H31N3O5/c1-15(30-18-7-5-17(26)6-8-18)20(28)23-9-11-24(12-10-23)21(29)16-13-19(27)25(14-16)22(2,3)4/h5-8,15-16,26H,9-14H2,1-4H3. The van der Waals surface area contributed by atoms with Gasteiger partial charge in [0, 0.05) is 44.7 Å². The minimum Gasteiger partial charge on any atom is -0.508 e. The lowest BCUT2D eigenvalue weighted by Gasteiger charge is -2.37. The van der Waals surface area contributed by atoms with Gasteiger partial charge in [-0.15, -0.1) is 0 Å². The summed E-state index contributed by atoms with van der Waals surface area (Å²) < 4.78 is 5.67. The van der Waals surface area contributed by atoms with Crippen LogP contribution in [0.2, 0.25) is 0 Å². The molecule has 3 amide bonds. The van der Waals surface area contributed by atoms with Gasteiger partial charge < -0.3 is 24.5 Å². The molecule has 8 nitrogen and oxygen atoms in total. The zero-order valence-corrected chi connectivity index (χ0v) is 18.1. The van der Waals surface area contributed by atoms with Gasteiger partial charge in [0.15, 0.2) is 6.10 Å². The number of phenols is 1. The van der Waals surface area contributed by atoms with Crippen molar-refractivity contribution < 1.29 is 24.2 Å². The number of aromatic hydroxyl groups is 1. The number of piperazine rings is 1. The Morgan fingerprint density at radius 2 is 1.63 bits per heavy atom. The lowest BCUT2D eigenvalue weighted by atomic mass is 10.1. The Bertz CT molecular complexity index is 794. The van der Waals surface area contributed by atoms with E-state index in [1.807, 2.05) is 20.8 Å². The van der Waals surface area contributed by atoms with E-state index >= 15 is 0 Å².